The van der Waals surface area contributed by atoms with Crippen LogP contribution in [0.3, 0.4) is 0 Å². The molecule has 2 aromatic heterocycles. The molecule has 0 aromatic carbocycles. The molecule has 0 aliphatic heterocycles. The van der Waals surface area contributed by atoms with E-state index in [-0.39, 0.29) is 6.04 Å². The van der Waals surface area contributed by atoms with Gasteiger partial charge in [-0.3, -0.25) is 0 Å². The van der Waals surface area contributed by atoms with Crippen LogP contribution in [0.25, 0.3) is 0 Å². The van der Waals surface area contributed by atoms with Crippen molar-refractivity contribution >= 4 is 11.3 Å². The number of rotatable bonds is 3. The van der Waals surface area contributed by atoms with Crippen LogP contribution >= 0.6 is 11.3 Å². The lowest BCUT2D eigenvalue weighted by molar-refractivity contribution is 0.584. The molecule has 2 aromatic rings. The Hall–Kier alpha value is -1.27. The summed E-state index contributed by atoms with van der Waals surface area (Å²) in [5.41, 5.74) is 9.49. The van der Waals surface area contributed by atoms with E-state index in [4.69, 9.17) is 5.73 Å². The zero-order chi connectivity index (χ0) is 9.97. The Morgan fingerprint density at radius 2 is 2.50 bits per heavy atom. The first-order chi connectivity index (χ1) is 6.77. The van der Waals surface area contributed by atoms with Gasteiger partial charge in [-0.1, -0.05) is 5.21 Å². The summed E-state index contributed by atoms with van der Waals surface area (Å²) >= 11 is 1.57. The Bertz CT molecular complexity index is 392. The lowest BCUT2D eigenvalue weighted by Crippen LogP contribution is -2.14. The van der Waals surface area contributed by atoms with Gasteiger partial charge in [0, 0.05) is 11.4 Å². The van der Waals surface area contributed by atoms with Crippen LogP contribution in [0.2, 0.25) is 0 Å². The third-order valence-corrected chi connectivity index (χ3v) is 2.54. The molecular formula is C8H11N5S. The molecule has 0 radical (unpaired) electrons. The van der Waals surface area contributed by atoms with Crippen LogP contribution < -0.4 is 5.73 Å². The van der Waals surface area contributed by atoms with E-state index in [0.717, 1.165) is 11.4 Å². The van der Waals surface area contributed by atoms with Gasteiger partial charge in [0.05, 0.1) is 29.6 Å². The van der Waals surface area contributed by atoms with Crippen LogP contribution in [0.5, 0.6) is 0 Å². The Balaban J connectivity index is 2.21. The molecule has 0 spiro atoms. The summed E-state index contributed by atoms with van der Waals surface area (Å²) in [6.07, 6.45) is 1.69. The van der Waals surface area contributed by atoms with Crippen molar-refractivity contribution in [1.29, 1.82) is 0 Å². The van der Waals surface area contributed by atoms with Gasteiger partial charge < -0.3 is 5.73 Å². The van der Waals surface area contributed by atoms with Crippen molar-refractivity contribution in [1.82, 2.24) is 20.0 Å². The fourth-order valence-electron chi connectivity index (χ4n) is 1.21. The Morgan fingerprint density at radius 3 is 3.14 bits per heavy atom. The molecule has 0 bridgehead atoms. The first-order valence-corrected chi connectivity index (χ1v) is 5.22. The summed E-state index contributed by atoms with van der Waals surface area (Å²) in [4.78, 5) is 4.18. The van der Waals surface area contributed by atoms with Crippen molar-refractivity contribution in [3.8, 4) is 0 Å². The van der Waals surface area contributed by atoms with Gasteiger partial charge in [0.25, 0.3) is 0 Å². The van der Waals surface area contributed by atoms with Gasteiger partial charge in [0.15, 0.2) is 0 Å². The Kier molecular flexibility index (Phi) is 2.55. The molecule has 0 saturated carbocycles. The molecule has 14 heavy (non-hydrogen) atoms. The molecule has 0 unspecified atom stereocenters. The second-order valence-electron chi connectivity index (χ2n) is 3.08. The largest absolute Gasteiger partial charge is 0.323 e. The first kappa shape index (κ1) is 9.29. The summed E-state index contributed by atoms with van der Waals surface area (Å²) in [6.45, 7) is 2.55. The number of hydrogen-bond acceptors (Lipinski definition) is 5. The van der Waals surface area contributed by atoms with Crippen LogP contribution in [0.15, 0.2) is 17.1 Å². The molecule has 1 atom stereocenters. The summed E-state index contributed by atoms with van der Waals surface area (Å²) in [5.74, 6) is 0. The Morgan fingerprint density at radius 1 is 1.64 bits per heavy atom. The molecule has 0 fully saturated rings. The van der Waals surface area contributed by atoms with Gasteiger partial charge >= 0.3 is 0 Å². The third kappa shape index (κ3) is 1.80. The highest BCUT2D eigenvalue weighted by Gasteiger charge is 2.08. The highest BCUT2D eigenvalue weighted by molar-refractivity contribution is 7.07. The standard InChI is InChI=1S/C8H11N5S/c1-6(9)8-2-11-12-13(8)3-7-4-14-5-10-7/h2,4-6H,3,9H2,1H3/t6-/m0/s1. The molecule has 2 rings (SSSR count). The maximum Gasteiger partial charge on any atom is 0.0861 e. The summed E-state index contributed by atoms with van der Waals surface area (Å²) < 4.78 is 1.78. The van der Waals surface area contributed by atoms with Crippen LogP contribution in [-0.2, 0) is 6.54 Å². The molecule has 6 heteroatoms. The van der Waals surface area contributed by atoms with Gasteiger partial charge in [-0.15, -0.1) is 16.4 Å². The SMILES string of the molecule is C[C@H](N)c1cnnn1Cc1cscn1. The Labute approximate surface area is 85.6 Å². The topological polar surface area (TPSA) is 69.6 Å². The highest BCUT2D eigenvalue weighted by Crippen LogP contribution is 2.09. The van der Waals surface area contributed by atoms with E-state index in [0.29, 0.717) is 6.54 Å². The van der Waals surface area contributed by atoms with E-state index < -0.39 is 0 Å². The van der Waals surface area contributed by atoms with Crippen molar-refractivity contribution in [2.24, 2.45) is 5.73 Å². The average molecular weight is 209 g/mol. The van der Waals surface area contributed by atoms with E-state index >= 15 is 0 Å². The predicted molar refractivity (Wildman–Crippen MR) is 53.8 cm³/mol. The lowest BCUT2D eigenvalue weighted by atomic mass is 10.3. The number of thiazole rings is 1. The molecule has 5 nitrogen and oxygen atoms in total. The third-order valence-electron chi connectivity index (χ3n) is 1.91. The van der Waals surface area contributed by atoms with E-state index in [1.165, 1.54) is 0 Å². The van der Waals surface area contributed by atoms with Gasteiger partial charge in [-0.25, -0.2) is 9.67 Å². The zero-order valence-electron chi connectivity index (χ0n) is 7.79. The predicted octanol–water partition coefficient (Wildman–Crippen LogP) is 0.803. The van der Waals surface area contributed by atoms with Gasteiger partial charge in [0.1, 0.15) is 0 Å². The fourth-order valence-corrected chi connectivity index (χ4v) is 1.76. The van der Waals surface area contributed by atoms with Crippen molar-refractivity contribution in [3.05, 3.63) is 28.5 Å². The molecule has 2 heterocycles. The minimum Gasteiger partial charge on any atom is -0.323 e. The number of nitrogens with two attached hydrogens (primary N) is 1. The quantitative estimate of drug-likeness (QED) is 0.811. The fraction of sp³-hybridized carbons (Fsp3) is 0.375. The number of nitrogens with zero attached hydrogens (tertiary/aromatic N) is 4. The molecule has 0 aliphatic carbocycles. The maximum absolute atomic E-state index is 5.77. The van der Waals surface area contributed by atoms with Crippen molar-refractivity contribution in [2.45, 2.75) is 19.5 Å². The molecule has 0 amide bonds. The van der Waals surface area contributed by atoms with E-state index in [2.05, 4.69) is 15.3 Å². The number of hydrogen-bond donors (Lipinski definition) is 1. The van der Waals surface area contributed by atoms with Crippen molar-refractivity contribution in [2.75, 3.05) is 0 Å². The average Bonchev–Trinajstić information content (AvgIpc) is 2.75. The zero-order valence-corrected chi connectivity index (χ0v) is 8.61. The molecular weight excluding hydrogens is 198 g/mol. The van der Waals surface area contributed by atoms with E-state index in [9.17, 15) is 0 Å². The summed E-state index contributed by atoms with van der Waals surface area (Å²) in [6, 6.07) is -0.0522. The van der Waals surface area contributed by atoms with E-state index in [1.54, 1.807) is 27.7 Å². The van der Waals surface area contributed by atoms with Crippen molar-refractivity contribution < 1.29 is 0 Å². The molecule has 0 saturated heterocycles. The van der Waals surface area contributed by atoms with Crippen LogP contribution in [0, 0.1) is 0 Å². The van der Waals surface area contributed by atoms with Crippen LogP contribution in [0.1, 0.15) is 24.4 Å². The van der Waals surface area contributed by atoms with Crippen molar-refractivity contribution in [3.63, 3.8) is 0 Å². The minimum atomic E-state index is -0.0522. The second-order valence-corrected chi connectivity index (χ2v) is 3.80. The van der Waals surface area contributed by atoms with Gasteiger partial charge in [0.2, 0.25) is 0 Å². The van der Waals surface area contributed by atoms with E-state index in [1.807, 2.05) is 12.3 Å². The monoisotopic (exact) mass is 209 g/mol. The minimum absolute atomic E-state index is 0.0522. The highest BCUT2D eigenvalue weighted by atomic mass is 32.1. The second kappa shape index (κ2) is 3.85. The smallest absolute Gasteiger partial charge is 0.0861 e. The molecule has 74 valence electrons. The maximum atomic E-state index is 5.77. The molecule has 2 N–H and O–H groups in total. The van der Waals surface area contributed by atoms with Gasteiger partial charge in [-0.05, 0) is 6.92 Å². The lowest BCUT2D eigenvalue weighted by Gasteiger charge is -2.06. The number of aromatic nitrogens is 4. The summed E-state index contributed by atoms with van der Waals surface area (Å²) in [5, 5.41) is 9.79. The van der Waals surface area contributed by atoms with Crippen LogP contribution in [0.4, 0.5) is 0 Å². The normalized spacial score (nSPS) is 13.0. The molecule has 0 aliphatic rings. The first-order valence-electron chi connectivity index (χ1n) is 4.28. The van der Waals surface area contributed by atoms with Crippen LogP contribution in [-0.4, -0.2) is 20.0 Å². The summed E-state index contributed by atoms with van der Waals surface area (Å²) in [7, 11) is 0. The van der Waals surface area contributed by atoms with Gasteiger partial charge in [-0.2, -0.15) is 0 Å².